The Bertz CT molecular complexity index is 1530. The number of nitrogens with zero attached hydrogens (tertiary/aromatic N) is 1. The van der Waals surface area contributed by atoms with Crippen LogP contribution in [0.2, 0.25) is 0 Å². The molecule has 256 valence electrons. The molecule has 4 N–H and O–H groups in total. The topological polar surface area (TPSA) is 163 Å². The van der Waals surface area contributed by atoms with Gasteiger partial charge in [0.25, 0.3) is 0 Å². The zero-order valence-electron chi connectivity index (χ0n) is 27.9. The molecule has 0 spiro atoms. The normalized spacial score (nSPS) is 12.9. The molecule has 0 saturated carbocycles. The fourth-order valence-electron chi connectivity index (χ4n) is 4.58. The molecule has 4 amide bonds. The molecule has 0 saturated heterocycles. The molecule has 0 bridgehead atoms. The number of ether oxygens (including phenoxy) is 2. The van der Waals surface area contributed by atoms with Crippen molar-refractivity contribution in [2.75, 3.05) is 13.6 Å². The van der Waals surface area contributed by atoms with Crippen LogP contribution in [0.4, 0.5) is 4.79 Å². The van der Waals surface area contributed by atoms with Gasteiger partial charge in [-0.2, -0.15) is 0 Å². The first-order valence-electron chi connectivity index (χ1n) is 15.6. The van der Waals surface area contributed by atoms with E-state index in [4.69, 9.17) is 9.47 Å². The zero-order valence-corrected chi connectivity index (χ0v) is 27.9. The van der Waals surface area contributed by atoms with Gasteiger partial charge in [-0.3, -0.25) is 14.4 Å². The fourth-order valence-corrected chi connectivity index (χ4v) is 4.58. The molecule has 3 aromatic carbocycles. The van der Waals surface area contributed by atoms with Crippen molar-refractivity contribution in [1.82, 2.24) is 20.9 Å². The Morgan fingerprint density at radius 2 is 1.33 bits per heavy atom. The zero-order chi connectivity index (χ0) is 35.3. The summed E-state index contributed by atoms with van der Waals surface area (Å²) in [4.78, 5) is 64.6. The first-order chi connectivity index (χ1) is 22.7. The maximum atomic E-state index is 13.3. The van der Waals surface area contributed by atoms with E-state index in [2.05, 4.69) is 16.0 Å². The highest BCUT2D eigenvalue weighted by molar-refractivity contribution is 5.93. The molecule has 0 unspecified atom stereocenters. The van der Waals surface area contributed by atoms with E-state index in [0.717, 1.165) is 16.0 Å². The second-order valence-corrected chi connectivity index (χ2v) is 12.3. The molecule has 3 rings (SSSR count). The molecule has 0 aromatic heterocycles. The number of carboxylic acid groups (broad SMARTS) is 1. The minimum absolute atomic E-state index is 0.0830. The van der Waals surface area contributed by atoms with E-state index >= 15 is 0 Å². The maximum Gasteiger partial charge on any atom is 0.408 e. The van der Waals surface area contributed by atoms with Gasteiger partial charge in [-0.05, 0) is 56.5 Å². The van der Waals surface area contributed by atoms with Crippen LogP contribution in [0.3, 0.4) is 0 Å². The predicted octanol–water partition coefficient (Wildman–Crippen LogP) is 3.48. The van der Waals surface area contributed by atoms with E-state index in [0.29, 0.717) is 17.9 Å². The van der Waals surface area contributed by atoms with Crippen LogP contribution in [-0.4, -0.2) is 77.1 Å². The largest absolute Gasteiger partial charge is 0.489 e. The molecule has 3 atom stereocenters. The van der Waals surface area contributed by atoms with Crippen molar-refractivity contribution >= 4 is 29.8 Å². The van der Waals surface area contributed by atoms with Crippen molar-refractivity contribution in [3.63, 3.8) is 0 Å². The molecular weight excluding hydrogens is 616 g/mol. The molecule has 3 aromatic rings. The van der Waals surface area contributed by atoms with Crippen LogP contribution in [0.15, 0.2) is 84.9 Å². The number of carbonyl (C=O) groups excluding carboxylic acids is 4. The smallest absolute Gasteiger partial charge is 0.408 e. The molecule has 0 heterocycles. The SMILES string of the molecule is C[C@@H](NC(=O)[C@H](Cc1ccc(OCc2ccccc2)cc1)NC(=O)OC(C)(C)C)C(=O)NCC(=O)N(C)[C@@H](Cc1ccccc1)C(=O)O. The summed E-state index contributed by atoms with van der Waals surface area (Å²) in [6, 6.07) is 22.3. The number of hydrogen-bond donors (Lipinski definition) is 4. The van der Waals surface area contributed by atoms with E-state index < -0.39 is 60.1 Å². The Kier molecular flexibility index (Phi) is 13.5. The lowest BCUT2D eigenvalue weighted by Crippen LogP contribution is -2.55. The van der Waals surface area contributed by atoms with Crippen LogP contribution in [0.5, 0.6) is 5.75 Å². The van der Waals surface area contributed by atoms with Crippen molar-refractivity contribution in [2.45, 2.75) is 70.9 Å². The van der Waals surface area contributed by atoms with Crippen molar-refractivity contribution < 1.29 is 38.6 Å². The summed E-state index contributed by atoms with van der Waals surface area (Å²) < 4.78 is 11.2. The third-order valence-corrected chi connectivity index (χ3v) is 7.20. The average molecular weight is 661 g/mol. The van der Waals surface area contributed by atoms with Crippen LogP contribution in [0.1, 0.15) is 44.4 Å². The first-order valence-corrected chi connectivity index (χ1v) is 15.6. The molecule has 0 aliphatic carbocycles. The van der Waals surface area contributed by atoms with Crippen LogP contribution in [-0.2, 0) is 43.4 Å². The van der Waals surface area contributed by atoms with Crippen LogP contribution in [0.25, 0.3) is 0 Å². The second-order valence-electron chi connectivity index (χ2n) is 12.3. The number of alkyl carbamates (subject to hydrolysis) is 1. The maximum absolute atomic E-state index is 13.3. The van der Waals surface area contributed by atoms with Gasteiger partial charge >= 0.3 is 12.1 Å². The second kappa shape index (κ2) is 17.5. The number of benzene rings is 3. The molecule has 0 aliphatic rings. The van der Waals surface area contributed by atoms with E-state index in [1.54, 1.807) is 75.4 Å². The van der Waals surface area contributed by atoms with Gasteiger partial charge in [0.05, 0.1) is 6.54 Å². The Balaban J connectivity index is 1.60. The van der Waals surface area contributed by atoms with Gasteiger partial charge in [-0.1, -0.05) is 72.8 Å². The van der Waals surface area contributed by atoms with Gasteiger partial charge in [-0.25, -0.2) is 9.59 Å². The van der Waals surface area contributed by atoms with Crippen molar-refractivity contribution in [2.24, 2.45) is 0 Å². The summed E-state index contributed by atoms with van der Waals surface area (Å²) >= 11 is 0. The molecule has 0 aliphatic heterocycles. The summed E-state index contributed by atoms with van der Waals surface area (Å²) in [5, 5.41) is 17.3. The number of carbonyl (C=O) groups is 5. The lowest BCUT2D eigenvalue weighted by atomic mass is 10.0. The van der Waals surface area contributed by atoms with Gasteiger partial charge in [0.1, 0.15) is 36.1 Å². The van der Waals surface area contributed by atoms with Crippen LogP contribution in [0, 0.1) is 0 Å². The van der Waals surface area contributed by atoms with Gasteiger partial charge < -0.3 is 35.4 Å². The minimum atomic E-state index is -1.18. The highest BCUT2D eigenvalue weighted by Crippen LogP contribution is 2.16. The van der Waals surface area contributed by atoms with Crippen LogP contribution < -0.4 is 20.7 Å². The standard InChI is InChI=1S/C36H44N4O8/c1-24(32(42)37-22-31(41)40(5)30(34(44)45)21-25-12-8-6-9-13-25)38-33(43)29(39-35(46)48-36(2,3)4)20-26-16-18-28(19-17-26)47-23-27-14-10-7-11-15-27/h6-19,24,29-30H,20-23H2,1-5H3,(H,37,42)(H,38,43)(H,39,46)(H,44,45)/t24-,29+,30+/m1/s1. The molecule has 0 radical (unpaired) electrons. The highest BCUT2D eigenvalue weighted by atomic mass is 16.6. The number of rotatable bonds is 15. The summed E-state index contributed by atoms with van der Waals surface area (Å²) in [5.74, 6) is -2.49. The van der Waals surface area contributed by atoms with Gasteiger partial charge in [-0.15, -0.1) is 0 Å². The number of carboxylic acids is 1. The number of aliphatic carboxylic acids is 1. The summed E-state index contributed by atoms with van der Waals surface area (Å²) in [7, 11) is 1.36. The average Bonchev–Trinajstić information content (AvgIpc) is 3.04. The highest BCUT2D eigenvalue weighted by Gasteiger charge is 2.29. The lowest BCUT2D eigenvalue weighted by Gasteiger charge is -2.26. The van der Waals surface area contributed by atoms with E-state index in [-0.39, 0.29) is 12.8 Å². The molecular formula is C36H44N4O8. The number of amides is 4. The summed E-state index contributed by atoms with van der Waals surface area (Å²) in [6.07, 6.45) is -0.631. The number of likely N-dealkylation sites (N-methyl/N-ethyl adjacent to an activating group) is 1. The van der Waals surface area contributed by atoms with Crippen molar-refractivity contribution in [3.05, 3.63) is 102 Å². The van der Waals surface area contributed by atoms with E-state index in [1.165, 1.54) is 14.0 Å². The van der Waals surface area contributed by atoms with Crippen molar-refractivity contribution in [1.29, 1.82) is 0 Å². The lowest BCUT2D eigenvalue weighted by molar-refractivity contribution is -0.148. The first kappa shape index (κ1) is 37.1. The monoisotopic (exact) mass is 660 g/mol. The Hall–Kier alpha value is -5.39. The van der Waals surface area contributed by atoms with E-state index in [9.17, 15) is 29.1 Å². The number of nitrogens with one attached hydrogen (secondary N) is 3. The summed E-state index contributed by atoms with van der Waals surface area (Å²) in [6.45, 7) is 6.43. The van der Waals surface area contributed by atoms with Crippen molar-refractivity contribution in [3.8, 4) is 5.75 Å². The predicted molar refractivity (Wildman–Crippen MR) is 179 cm³/mol. The molecule has 12 heteroatoms. The molecule has 48 heavy (non-hydrogen) atoms. The Labute approximate surface area is 280 Å². The molecule has 12 nitrogen and oxygen atoms in total. The summed E-state index contributed by atoms with van der Waals surface area (Å²) in [5.41, 5.74) is 1.66. The van der Waals surface area contributed by atoms with E-state index in [1.807, 2.05) is 30.3 Å². The van der Waals surface area contributed by atoms with Crippen LogP contribution >= 0.6 is 0 Å². The minimum Gasteiger partial charge on any atom is -0.489 e. The quantitative estimate of drug-likeness (QED) is 0.193. The Morgan fingerprint density at radius 3 is 1.90 bits per heavy atom. The fraction of sp³-hybridized carbons (Fsp3) is 0.361. The third-order valence-electron chi connectivity index (χ3n) is 7.20. The van der Waals surface area contributed by atoms with Gasteiger partial charge in [0.15, 0.2) is 0 Å². The molecule has 0 fully saturated rings. The van der Waals surface area contributed by atoms with Gasteiger partial charge in [0.2, 0.25) is 17.7 Å². The Morgan fingerprint density at radius 1 is 0.771 bits per heavy atom. The third kappa shape index (κ3) is 12.4. The number of hydrogen-bond acceptors (Lipinski definition) is 7. The van der Waals surface area contributed by atoms with Gasteiger partial charge in [0, 0.05) is 19.9 Å².